The van der Waals surface area contributed by atoms with Crippen LogP contribution in [0.3, 0.4) is 0 Å². The third kappa shape index (κ3) is 24.7. The van der Waals surface area contributed by atoms with E-state index in [0.29, 0.717) is 166 Å². The lowest BCUT2D eigenvalue weighted by molar-refractivity contribution is -0.140. The van der Waals surface area contributed by atoms with Gasteiger partial charge in [0.05, 0.1) is 92.0 Å². The van der Waals surface area contributed by atoms with Crippen molar-refractivity contribution in [3.8, 4) is 69.0 Å². The molecule has 2 amide bonds. The van der Waals surface area contributed by atoms with E-state index in [2.05, 4.69) is 175 Å². The first-order chi connectivity index (χ1) is 66.5. The molecule has 4 N–H and O–H groups in total. The van der Waals surface area contributed by atoms with Gasteiger partial charge < -0.3 is 77.7 Å². The highest BCUT2D eigenvalue weighted by Crippen LogP contribution is 2.55. The van der Waals surface area contributed by atoms with Crippen LogP contribution in [-0.2, 0) is 70.5 Å². The number of aliphatic carboxylic acids is 2. The second-order valence-corrected chi connectivity index (χ2v) is 38.0. The van der Waals surface area contributed by atoms with E-state index in [4.69, 9.17) is 56.8 Å². The highest BCUT2D eigenvalue weighted by Gasteiger charge is 2.31. The topological polar surface area (TPSA) is 244 Å². The molecule has 1 heterocycles. The van der Waals surface area contributed by atoms with Crippen LogP contribution in [0.15, 0.2) is 245 Å². The Labute approximate surface area is 814 Å². The van der Waals surface area contributed by atoms with Gasteiger partial charge in [-0.1, -0.05) is 236 Å². The molecule has 0 fully saturated rings. The first kappa shape index (κ1) is 98.0. The molecule has 15 rings (SSSR count). The summed E-state index contributed by atoms with van der Waals surface area (Å²) in [7, 11) is 0. The van der Waals surface area contributed by atoms with Gasteiger partial charge >= 0.3 is 11.9 Å². The van der Waals surface area contributed by atoms with Crippen molar-refractivity contribution >= 4 is 82.2 Å². The Kier molecular flexibility index (Phi) is 34.8. The molecule has 136 heavy (non-hydrogen) atoms. The van der Waals surface area contributed by atoms with Crippen LogP contribution in [0.25, 0.3) is 0 Å². The largest absolute Gasteiger partial charge is 0.493 e. The van der Waals surface area contributed by atoms with E-state index in [0.717, 1.165) is 175 Å². The molecule has 0 radical (unpaired) electrons. The van der Waals surface area contributed by atoms with Crippen molar-refractivity contribution in [2.75, 3.05) is 89.9 Å². The lowest BCUT2D eigenvalue weighted by atomic mass is 9.91. The van der Waals surface area contributed by atoms with Crippen LogP contribution in [0.1, 0.15) is 196 Å². The van der Waals surface area contributed by atoms with Crippen molar-refractivity contribution in [3.05, 3.63) is 295 Å². The maximum atomic E-state index is 15.3. The first-order valence-electron chi connectivity index (χ1n) is 47.3. The first-order valence-corrected chi connectivity index (χ1v) is 50.6. The highest BCUT2D eigenvalue weighted by molar-refractivity contribution is 8.01. The second kappa shape index (κ2) is 48.3. The van der Waals surface area contributed by atoms with Crippen LogP contribution < -0.4 is 67.5 Å². The zero-order valence-corrected chi connectivity index (χ0v) is 81.8. The zero-order chi connectivity index (χ0) is 94.8. The normalized spacial score (nSPS) is 12.5. The van der Waals surface area contributed by atoms with Gasteiger partial charge in [0.25, 0.3) is 11.8 Å². The summed E-state index contributed by atoms with van der Waals surface area (Å²) in [5.41, 5.74) is 16.3. The van der Waals surface area contributed by atoms with Gasteiger partial charge in [0.15, 0.2) is 26.4 Å². The Bertz CT molecular complexity index is 5590. The summed E-state index contributed by atoms with van der Waals surface area (Å²) in [6, 6.07) is 68.0. The molecular weight excluding hydrogens is 1790 g/mol. The number of ether oxygens (including phenoxy) is 12. The number of carboxylic acid groups (broad SMARTS) is 2. The quantitative estimate of drug-likeness (QED) is 0.0281. The van der Waals surface area contributed by atoms with E-state index in [1.165, 1.54) is 47.0 Å². The molecule has 708 valence electrons. The smallest absolute Gasteiger partial charge is 0.341 e. The van der Waals surface area contributed by atoms with Crippen LogP contribution in [0.4, 0.5) is 11.4 Å². The molecule has 2 aliphatic carbocycles. The Morgan fingerprint density at radius 2 is 0.375 bits per heavy atom. The van der Waals surface area contributed by atoms with Gasteiger partial charge in [-0.3, -0.25) is 9.59 Å². The second-order valence-electron chi connectivity index (χ2n) is 33.7. The molecular formula is C112H118N2O18S4. The summed E-state index contributed by atoms with van der Waals surface area (Å²) in [5, 5.41) is 27.4. The number of carboxylic acids is 2. The molecule has 1 aliphatic heterocycles. The van der Waals surface area contributed by atoms with E-state index in [1.807, 2.05) is 97.1 Å². The molecule has 12 aromatic carbocycles. The van der Waals surface area contributed by atoms with Gasteiger partial charge in [-0.2, -0.15) is 0 Å². The average Bonchev–Trinajstić information content (AvgIpc) is 0.771. The predicted molar refractivity (Wildman–Crippen MR) is 537 cm³/mol. The summed E-state index contributed by atoms with van der Waals surface area (Å²) >= 11 is 4.96. The lowest BCUT2D eigenvalue weighted by Gasteiger charge is -2.23. The lowest BCUT2D eigenvalue weighted by Crippen LogP contribution is -2.21. The van der Waals surface area contributed by atoms with E-state index in [9.17, 15) is 19.8 Å². The Morgan fingerprint density at radius 3 is 0.544 bits per heavy atom. The minimum absolute atomic E-state index is 0.229. The van der Waals surface area contributed by atoms with Gasteiger partial charge in [0, 0.05) is 85.0 Å². The summed E-state index contributed by atoms with van der Waals surface area (Å²) in [6.07, 6.45) is 9.99. The van der Waals surface area contributed by atoms with Gasteiger partial charge in [-0.15, -0.1) is 0 Å². The number of rotatable bonds is 38. The molecule has 0 atom stereocenters. The number of carbonyl (C=O) groups excluding carboxylic acids is 2. The van der Waals surface area contributed by atoms with Crippen molar-refractivity contribution in [3.63, 3.8) is 0 Å². The van der Waals surface area contributed by atoms with Crippen molar-refractivity contribution in [2.24, 2.45) is 0 Å². The predicted octanol–water partition coefficient (Wildman–Crippen LogP) is 25.2. The van der Waals surface area contributed by atoms with Crippen LogP contribution in [0.2, 0.25) is 0 Å². The van der Waals surface area contributed by atoms with Crippen LogP contribution in [0.5, 0.6) is 69.0 Å². The number of hydrogen-bond acceptors (Lipinski definition) is 20. The van der Waals surface area contributed by atoms with Gasteiger partial charge in [-0.25, -0.2) is 9.59 Å². The van der Waals surface area contributed by atoms with Crippen molar-refractivity contribution in [1.29, 1.82) is 0 Å². The van der Waals surface area contributed by atoms with Crippen molar-refractivity contribution in [2.45, 2.75) is 197 Å². The Morgan fingerprint density at radius 1 is 0.221 bits per heavy atom. The minimum atomic E-state index is -1.21. The number of amides is 2. The molecule has 24 bridgehead atoms. The maximum absolute atomic E-state index is 15.3. The van der Waals surface area contributed by atoms with E-state index in [-0.39, 0.29) is 23.0 Å². The number of para-hydroxylation sites is 10. The minimum Gasteiger partial charge on any atom is -0.493 e. The monoisotopic (exact) mass is 1910 g/mol. The summed E-state index contributed by atoms with van der Waals surface area (Å²) in [5.74, 6) is 3.88. The van der Waals surface area contributed by atoms with Gasteiger partial charge in [-0.05, 0) is 191 Å². The molecule has 0 saturated heterocycles. The number of nitrogens with one attached hydrogen (secondary N) is 2. The van der Waals surface area contributed by atoms with E-state index < -0.39 is 50.2 Å². The Hall–Kier alpha value is -12.5. The Balaban J connectivity index is 0.777. The maximum Gasteiger partial charge on any atom is 0.341 e. The molecule has 0 unspecified atom stereocenters. The molecule has 24 heteroatoms. The van der Waals surface area contributed by atoms with E-state index >= 15 is 9.59 Å². The standard InChI is InChI=1S/C112H118N2O18S4/c1-9-47-121-101-71-27-17-28-72(101)56-76-32-20-36-80(104(76)124-50-12-4)60-84-64-87(63-83(107(84)127-53-15-7)59-79-35-19-31-75(55-71)103(79)123-49-11-3)113-97(115)67-129-109-89-39-23-40-90(109)134-94-44-26-46-96(112(94)132-70-100(119)120)136-92-42-24-41-91(135-95-45-25-43-93(133-89)111(95)131-69-99(117)118)110(92)130-68-98(116)114-88-65-85-61-81-37-21-33-77(105(81)125-51-13-5)57-73-29-18-30-74(102(73)122-48-10-2)58-78-34-22-38-82(106(78)126-52-14-6)62-86(66-88)108(85)128-54-16-8/h17-46,63-66H,9-16,47-62,67-70H2,1-8H3,(H,113,115)(H,114,116)(H,117,118)(H,119,120). The number of anilines is 2. The average molecular weight is 1910 g/mol. The van der Waals surface area contributed by atoms with E-state index in [1.54, 1.807) is 0 Å². The third-order valence-corrected chi connectivity index (χ3v) is 27.1. The van der Waals surface area contributed by atoms with Crippen LogP contribution in [0, 0.1) is 0 Å². The number of hydrogen-bond donors (Lipinski definition) is 4. The number of fused-ring (bicyclic) bond motifs is 24. The zero-order valence-electron chi connectivity index (χ0n) is 78.5. The van der Waals surface area contributed by atoms with Gasteiger partial charge in [0.2, 0.25) is 0 Å². The molecule has 0 aromatic heterocycles. The summed E-state index contributed by atoms with van der Waals surface area (Å²) in [6.45, 7) is 18.3. The summed E-state index contributed by atoms with van der Waals surface area (Å²) in [4.78, 5) is 60.3. The molecule has 0 spiro atoms. The SMILES string of the molecule is CCCOc1c2cccc1Cc1cccc(c1OCCC)Cc1cc(NC(=O)COc3c4cccc3Sc3cccc(c3OCC(=O)O)Sc3cccc(c3OCC(=O)Nc3cc5c(OCCC)c(c3)Cc3cccc(c3OCCC)Cc3cccc(c3OCCC)Cc3cccc(c3OCCC)C5)Sc3cccc(c3OCC(=O)O)S4)cc(c1OCCC)Cc1cccc(c1OCCC)C2. The molecule has 20 nitrogen and oxygen atoms in total. The van der Waals surface area contributed by atoms with Crippen molar-refractivity contribution < 1.29 is 86.2 Å². The molecule has 12 aromatic rings. The fourth-order valence-corrected chi connectivity index (χ4v) is 21.5. The summed E-state index contributed by atoms with van der Waals surface area (Å²) < 4.78 is 81.2. The molecule has 3 aliphatic rings. The fraction of sp³-hybridized carbons (Fsp3) is 0.321. The third-order valence-electron chi connectivity index (χ3n) is 22.8. The number of benzene rings is 12. The number of carbonyl (C=O) groups is 4. The van der Waals surface area contributed by atoms with Crippen LogP contribution in [-0.4, -0.2) is 113 Å². The van der Waals surface area contributed by atoms with Crippen LogP contribution >= 0.6 is 47.0 Å². The molecule has 0 saturated carbocycles. The van der Waals surface area contributed by atoms with Gasteiger partial charge in [0.1, 0.15) is 69.0 Å². The van der Waals surface area contributed by atoms with Crippen molar-refractivity contribution in [1.82, 2.24) is 0 Å². The highest BCUT2D eigenvalue weighted by atomic mass is 32.2. The fourth-order valence-electron chi connectivity index (χ4n) is 17.0.